The van der Waals surface area contributed by atoms with Crippen LogP contribution >= 0.6 is 0 Å². The number of nitrogens with one attached hydrogen (secondary N) is 1. The van der Waals surface area contributed by atoms with Crippen molar-refractivity contribution < 1.29 is 19.1 Å². The number of para-hydroxylation sites is 1. The summed E-state index contributed by atoms with van der Waals surface area (Å²) in [5.41, 5.74) is -0.0202. The molecule has 5 nitrogen and oxygen atoms in total. The Balaban J connectivity index is 2.05. The molecule has 0 aromatic heterocycles. The molecule has 0 saturated carbocycles. The van der Waals surface area contributed by atoms with Gasteiger partial charge in [-0.2, -0.15) is 0 Å². The predicted octanol–water partition coefficient (Wildman–Crippen LogP) is 1.45. The summed E-state index contributed by atoms with van der Waals surface area (Å²) in [6, 6.07) is 7.54. The fraction of sp³-hybridized carbons (Fsp3) is 0.467. The minimum Gasteiger partial charge on any atom is -0.480 e. The number of fused-ring (bicyclic) bond motifs is 1. The van der Waals surface area contributed by atoms with E-state index in [0.717, 1.165) is 11.3 Å². The number of amides is 1. The number of hydrogen-bond donors (Lipinski definition) is 1. The first-order valence-electron chi connectivity index (χ1n) is 6.65. The van der Waals surface area contributed by atoms with Gasteiger partial charge >= 0.3 is 5.97 Å². The maximum Gasteiger partial charge on any atom is 0.331 e. The molecule has 0 unspecified atom stereocenters. The molecule has 1 aromatic rings. The highest BCUT2D eigenvalue weighted by Gasteiger charge is 2.38. The average Bonchev–Trinajstić information content (AvgIpc) is 2.90. The number of esters is 1. The van der Waals surface area contributed by atoms with E-state index in [4.69, 9.17) is 9.47 Å². The standard InChI is InChI=1S/C15H19NO4/c1-4-15(2,14(18)19-3)16-13(17)12-9-10-7-5-6-8-11(10)20-12/h5-8,12H,4,9H2,1-3H3,(H,16,17)/t12-,15+/m0/s1. The van der Waals surface area contributed by atoms with Crippen molar-refractivity contribution in [3.63, 3.8) is 0 Å². The number of hydrogen-bond acceptors (Lipinski definition) is 4. The lowest BCUT2D eigenvalue weighted by Gasteiger charge is -2.27. The SMILES string of the molecule is CC[C@@](C)(NC(=O)[C@@H]1Cc2ccccc2O1)C(=O)OC. The molecule has 1 heterocycles. The Labute approximate surface area is 118 Å². The summed E-state index contributed by atoms with van der Waals surface area (Å²) < 4.78 is 10.3. The van der Waals surface area contributed by atoms with E-state index in [1.807, 2.05) is 31.2 Å². The third kappa shape index (κ3) is 2.61. The van der Waals surface area contributed by atoms with E-state index >= 15 is 0 Å². The van der Waals surface area contributed by atoms with Gasteiger partial charge in [0.1, 0.15) is 11.3 Å². The maximum absolute atomic E-state index is 12.3. The van der Waals surface area contributed by atoms with Crippen LogP contribution in [0.15, 0.2) is 24.3 Å². The molecular weight excluding hydrogens is 258 g/mol. The van der Waals surface area contributed by atoms with Crippen molar-refractivity contribution in [2.75, 3.05) is 7.11 Å². The summed E-state index contributed by atoms with van der Waals surface area (Å²) in [4.78, 5) is 24.0. The highest BCUT2D eigenvalue weighted by atomic mass is 16.5. The van der Waals surface area contributed by atoms with Crippen LogP contribution in [0.4, 0.5) is 0 Å². The van der Waals surface area contributed by atoms with Crippen molar-refractivity contribution >= 4 is 11.9 Å². The molecular formula is C15H19NO4. The normalized spacial score (nSPS) is 19.4. The number of rotatable bonds is 4. The molecule has 1 N–H and O–H groups in total. The molecule has 0 bridgehead atoms. The summed E-state index contributed by atoms with van der Waals surface area (Å²) in [6.45, 7) is 3.47. The molecule has 0 saturated heterocycles. The molecule has 1 amide bonds. The van der Waals surface area contributed by atoms with Crippen LogP contribution in [0, 0.1) is 0 Å². The van der Waals surface area contributed by atoms with Crippen molar-refractivity contribution in [1.29, 1.82) is 0 Å². The highest BCUT2D eigenvalue weighted by molar-refractivity contribution is 5.90. The van der Waals surface area contributed by atoms with Gasteiger partial charge < -0.3 is 14.8 Å². The van der Waals surface area contributed by atoms with Gasteiger partial charge in [0.2, 0.25) is 0 Å². The zero-order valence-electron chi connectivity index (χ0n) is 11.9. The minimum atomic E-state index is -1.02. The van der Waals surface area contributed by atoms with Crippen LogP contribution < -0.4 is 10.1 Å². The fourth-order valence-corrected chi connectivity index (χ4v) is 2.19. The van der Waals surface area contributed by atoms with E-state index < -0.39 is 17.6 Å². The van der Waals surface area contributed by atoms with Crippen molar-refractivity contribution in [3.05, 3.63) is 29.8 Å². The third-order valence-electron chi connectivity index (χ3n) is 3.68. The van der Waals surface area contributed by atoms with Gasteiger partial charge in [0, 0.05) is 6.42 Å². The largest absolute Gasteiger partial charge is 0.480 e. The van der Waals surface area contributed by atoms with Gasteiger partial charge in [0.25, 0.3) is 5.91 Å². The monoisotopic (exact) mass is 277 g/mol. The molecule has 0 aliphatic carbocycles. The predicted molar refractivity (Wildman–Crippen MR) is 73.4 cm³/mol. The minimum absolute atomic E-state index is 0.295. The molecule has 1 aromatic carbocycles. The number of methoxy groups -OCH3 is 1. The molecule has 0 spiro atoms. The number of ether oxygens (including phenoxy) is 2. The summed E-state index contributed by atoms with van der Waals surface area (Å²) in [6.07, 6.45) is 0.372. The van der Waals surface area contributed by atoms with Crippen LogP contribution in [0.1, 0.15) is 25.8 Å². The van der Waals surface area contributed by atoms with Gasteiger partial charge in [0.15, 0.2) is 6.10 Å². The number of benzene rings is 1. The van der Waals surface area contributed by atoms with E-state index in [2.05, 4.69) is 5.32 Å². The van der Waals surface area contributed by atoms with E-state index in [1.165, 1.54) is 7.11 Å². The molecule has 20 heavy (non-hydrogen) atoms. The molecule has 1 aliphatic rings. The van der Waals surface area contributed by atoms with Gasteiger partial charge in [-0.3, -0.25) is 4.79 Å². The Morgan fingerprint density at radius 2 is 2.15 bits per heavy atom. The zero-order valence-corrected chi connectivity index (χ0v) is 11.9. The van der Waals surface area contributed by atoms with E-state index in [0.29, 0.717) is 12.8 Å². The van der Waals surface area contributed by atoms with E-state index in [-0.39, 0.29) is 5.91 Å². The molecule has 0 fully saturated rings. The van der Waals surface area contributed by atoms with Crippen LogP contribution in [0.5, 0.6) is 5.75 Å². The van der Waals surface area contributed by atoms with Crippen molar-refractivity contribution in [2.45, 2.75) is 38.3 Å². The Bertz CT molecular complexity index is 503. The van der Waals surface area contributed by atoms with Crippen molar-refractivity contribution in [1.82, 2.24) is 5.32 Å². The lowest BCUT2D eigenvalue weighted by Crippen LogP contribution is -2.55. The highest BCUT2D eigenvalue weighted by Crippen LogP contribution is 2.28. The van der Waals surface area contributed by atoms with Gasteiger partial charge in [-0.05, 0) is 25.0 Å². The second kappa shape index (κ2) is 5.53. The molecule has 108 valence electrons. The smallest absolute Gasteiger partial charge is 0.331 e. The van der Waals surface area contributed by atoms with E-state index in [9.17, 15) is 9.59 Å². The number of carbonyl (C=O) groups is 2. The average molecular weight is 277 g/mol. The first-order chi connectivity index (χ1) is 9.50. The summed E-state index contributed by atoms with van der Waals surface area (Å²) in [5, 5.41) is 2.73. The Hall–Kier alpha value is -2.04. The summed E-state index contributed by atoms with van der Waals surface area (Å²) in [7, 11) is 1.31. The second-order valence-electron chi connectivity index (χ2n) is 5.08. The Morgan fingerprint density at radius 3 is 2.75 bits per heavy atom. The van der Waals surface area contributed by atoms with E-state index in [1.54, 1.807) is 6.92 Å². The lowest BCUT2D eigenvalue weighted by atomic mass is 9.98. The van der Waals surface area contributed by atoms with Crippen LogP contribution in [-0.4, -0.2) is 30.6 Å². The van der Waals surface area contributed by atoms with Gasteiger partial charge in [-0.1, -0.05) is 25.1 Å². The van der Waals surface area contributed by atoms with Crippen molar-refractivity contribution in [2.24, 2.45) is 0 Å². The van der Waals surface area contributed by atoms with Crippen LogP contribution in [-0.2, 0) is 20.7 Å². The molecule has 0 radical (unpaired) electrons. The van der Waals surface area contributed by atoms with Crippen LogP contribution in [0.3, 0.4) is 0 Å². The quantitative estimate of drug-likeness (QED) is 0.846. The van der Waals surface area contributed by atoms with Crippen LogP contribution in [0.2, 0.25) is 0 Å². The third-order valence-corrected chi connectivity index (χ3v) is 3.68. The molecule has 2 rings (SSSR count). The molecule has 2 atom stereocenters. The van der Waals surface area contributed by atoms with Gasteiger partial charge in [0.05, 0.1) is 7.11 Å². The number of carbonyl (C=O) groups excluding carboxylic acids is 2. The van der Waals surface area contributed by atoms with Gasteiger partial charge in [-0.25, -0.2) is 4.79 Å². The summed E-state index contributed by atoms with van der Waals surface area (Å²) >= 11 is 0. The maximum atomic E-state index is 12.3. The topological polar surface area (TPSA) is 64.6 Å². The van der Waals surface area contributed by atoms with Gasteiger partial charge in [-0.15, -0.1) is 0 Å². The lowest BCUT2D eigenvalue weighted by molar-refractivity contribution is -0.151. The summed E-state index contributed by atoms with van der Waals surface area (Å²) in [5.74, 6) is -0.0243. The first kappa shape index (κ1) is 14.4. The fourth-order valence-electron chi connectivity index (χ4n) is 2.19. The Kier molecular flexibility index (Phi) is 3.97. The molecule has 1 aliphatic heterocycles. The van der Waals surface area contributed by atoms with Crippen molar-refractivity contribution in [3.8, 4) is 5.75 Å². The van der Waals surface area contributed by atoms with Crippen LogP contribution in [0.25, 0.3) is 0 Å². The first-order valence-corrected chi connectivity index (χ1v) is 6.65. The zero-order chi connectivity index (χ0) is 14.8. The molecule has 5 heteroatoms. The Morgan fingerprint density at radius 1 is 1.45 bits per heavy atom. The second-order valence-corrected chi connectivity index (χ2v) is 5.08.